The maximum atomic E-state index is 12.7. The normalized spacial score (nSPS) is 10.1. The largest absolute Gasteiger partial charge is 0.507 e. The standard InChI is InChI=1S/C11H13FINO2/c12-8-3-4-9(10(15)7-8)11(16)14-6-2-1-5-13/h3-4,7,15H,1-2,5-6H2,(H,14,16). The number of amides is 1. The van der Waals surface area contributed by atoms with Gasteiger partial charge < -0.3 is 10.4 Å². The highest BCUT2D eigenvalue weighted by molar-refractivity contribution is 14.1. The van der Waals surface area contributed by atoms with Crippen molar-refractivity contribution in [3.05, 3.63) is 29.6 Å². The van der Waals surface area contributed by atoms with Gasteiger partial charge in [-0.2, -0.15) is 0 Å². The fourth-order valence-electron chi connectivity index (χ4n) is 1.21. The minimum atomic E-state index is -0.557. The molecule has 0 unspecified atom stereocenters. The van der Waals surface area contributed by atoms with E-state index in [0.29, 0.717) is 6.54 Å². The quantitative estimate of drug-likeness (QED) is 0.493. The lowest BCUT2D eigenvalue weighted by molar-refractivity contribution is 0.0950. The zero-order chi connectivity index (χ0) is 12.0. The first-order chi connectivity index (χ1) is 7.65. The van der Waals surface area contributed by atoms with Gasteiger partial charge in [-0.1, -0.05) is 22.6 Å². The number of phenols is 1. The van der Waals surface area contributed by atoms with E-state index in [1.807, 2.05) is 0 Å². The van der Waals surface area contributed by atoms with Gasteiger partial charge in [-0.25, -0.2) is 4.39 Å². The number of carbonyl (C=O) groups excluding carboxylic acids is 1. The molecule has 0 saturated heterocycles. The molecular formula is C11H13FINO2. The number of nitrogens with one attached hydrogen (secondary N) is 1. The maximum absolute atomic E-state index is 12.7. The van der Waals surface area contributed by atoms with Crippen LogP contribution in [0, 0.1) is 5.82 Å². The zero-order valence-electron chi connectivity index (χ0n) is 8.67. The van der Waals surface area contributed by atoms with Crippen molar-refractivity contribution in [2.24, 2.45) is 0 Å². The monoisotopic (exact) mass is 337 g/mol. The van der Waals surface area contributed by atoms with Crippen molar-refractivity contribution in [2.45, 2.75) is 12.8 Å². The first kappa shape index (κ1) is 13.2. The molecule has 0 aromatic heterocycles. The molecule has 0 bridgehead atoms. The third-order valence-corrected chi connectivity index (χ3v) is 2.81. The molecule has 1 rings (SSSR count). The van der Waals surface area contributed by atoms with Crippen LogP contribution in [-0.2, 0) is 0 Å². The van der Waals surface area contributed by atoms with E-state index in [1.54, 1.807) is 0 Å². The van der Waals surface area contributed by atoms with Crippen molar-refractivity contribution in [3.8, 4) is 5.75 Å². The van der Waals surface area contributed by atoms with E-state index in [9.17, 15) is 14.3 Å². The van der Waals surface area contributed by atoms with Crippen molar-refractivity contribution < 1.29 is 14.3 Å². The van der Waals surface area contributed by atoms with E-state index < -0.39 is 5.82 Å². The van der Waals surface area contributed by atoms with Crippen LogP contribution in [0.4, 0.5) is 4.39 Å². The van der Waals surface area contributed by atoms with Crippen LogP contribution in [-0.4, -0.2) is 22.0 Å². The Morgan fingerprint density at radius 2 is 2.19 bits per heavy atom. The minimum absolute atomic E-state index is 0.107. The topological polar surface area (TPSA) is 49.3 Å². The Bertz CT molecular complexity index is 371. The summed E-state index contributed by atoms with van der Waals surface area (Å²) < 4.78 is 13.7. The van der Waals surface area contributed by atoms with Crippen molar-refractivity contribution in [2.75, 3.05) is 11.0 Å². The third kappa shape index (κ3) is 3.96. The fourth-order valence-corrected chi connectivity index (χ4v) is 1.75. The Hall–Kier alpha value is -0.850. The number of carbonyl (C=O) groups is 1. The molecule has 0 fully saturated rings. The van der Waals surface area contributed by atoms with Crippen molar-refractivity contribution in [1.82, 2.24) is 5.32 Å². The number of alkyl halides is 1. The maximum Gasteiger partial charge on any atom is 0.255 e. The van der Waals surface area contributed by atoms with Crippen LogP contribution < -0.4 is 5.32 Å². The Morgan fingerprint density at radius 3 is 2.81 bits per heavy atom. The second kappa shape index (κ2) is 6.67. The van der Waals surface area contributed by atoms with Crippen molar-refractivity contribution >= 4 is 28.5 Å². The van der Waals surface area contributed by atoms with E-state index in [-0.39, 0.29) is 17.2 Å². The molecule has 5 heteroatoms. The summed E-state index contributed by atoms with van der Waals surface area (Å²) in [5.41, 5.74) is 0.107. The summed E-state index contributed by atoms with van der Waals surface area (Å²) in [7, 11) is 0. The summed E-state index contributed by atoms with van der Waals surface area (Å²) >= 11 is 2.27. The lowest BCUT2D eigenvalue weighted by Gasteiger charge is -2.06. The summed E-state index contributed by atoms with van der Waals surface area (Å²) in [5, 5.41) is 12.0. The number of hydrogen-bond acceptors (Lipinski definition) is 2. The van der Waals surface area contributed by atoms with Crippen LogP contribution in [0.15, 0.2) is 18.2 Å². The minimum Gasteiger partial charge on any atom is -0.507 e. The van der Waals surface area contributed by atoms with E-state index in [0.717, 1.165) is 29.4 Å². The number of phenolic OH excluding ortho intramolecular Hbond substituents is 1. The smallest absolute Gasteiger partial charge is 0.255 e. The molecule has 0 radical (unpaired) electrons. The number of rotatable bonds is 5. The average molecular weight is 337 g/mol. The van der Waals surface area contributed by atoms with Gasteiger partial charge in [0.05, 0.1) is 5.56 Å². The first-order valence-electron chi connectivity index (χ1n) is 4.98. The Morgan fingerprint density at radius 1 is 1.44 bits per heavy atom. The van der Waals surface area contributed by atoms with Crippen LogP contribution in [0.5, 0.6) is 5.75 Å². The highest BCUT2D eigenvalue weighted by Gasteiger charge is 2.10. The van der Waals surface area contributed by atoms with Gasteiger partial charge >= 0.3 is 0 Å². The first-order valence-corrected chi connectivity index (χ1v) is 6.50. The lowest BCUT2D eigenvalue weighted by atomic mass is 10.2. The highest BCUT2D eigenvalue weighted by Crippen LogP contribution is 2.17. The Kier molecular flexibility index (Phi) is 5.51. The molecule has 88 valence electrons. The van der Waals surface area contributed by atoms with E-state index in [4.69, 9.17) is 0 Å². The number of unbranched alkanes of at least 4 members (excludes halogenated alkanes) is 1. The van der Waals surface area contributed by atoms with Crippen LogP contribution >= 0.6 is 22.6 Å². The Balaban J connectivity index is 2.53. The molecule has 1 aromatic carbocycles. The number of halogens is 2. The van der Waals surface area contributed by atoms with Crippen molar-refractivity contribution in [3.63, 3.8) is 0 Å². The molecule has 0 saturated carbocycles. The Labute approximate surface area is 107 Å². The van der Waals surface area contributed by atoms with E-state index in [2.05, 4.69) is 27.9 Å². The molecular weight excluding hydrogens is 324 g/mol. The van der Waals surface area contributed by atoms with Crippen LogP contribution in [0.25, 0.3) is 0 Å². The molecule has 0 aliphatic heterocycles. The molecule has 0 spiro atoms. The molecule has 0 aliphatic rings. The van der Waals surface area contributed by atoms with Crippen molar-refractivity contribution in [1.29, 1.82) is 0 Å². The van der Waals surface area contributed by atoms with Gasteiger partial charge in [0.25, 0.3) is 5.91 Å². The van der Waals surface area contributed by atoms with Gasteiger partial charge in [-0.3, -0.25) is 4.79 Å². The summed E-state index contributed by atoms with van der Waals surface area (Å²) in [6, 6.07) is 3.36. The van der Waals surface area contributed by atoms with Crippen LogP contribution in [0.1, 0.15) is 23.2 Å². The summed E-state index contributed by atoms with van der Waals surface area (Å²) in [4.78, 5) is 11.5. The van der Waals surface area contributed by atoms with Gasteiger partial charge in [0, 0.05) is 12.6 Å². The molecule has 0 atom stereocenters. The van der Waals surface area contributed by atoms with Gasteiger partial charge in [0.15, 0.2) is 0 Å². The zero-order valence-corrected chi connectivity index (χ0v) is 10.8. The second-order valence-corrected chi connectivity index (χ2v) is 4.39. The molecule has 0 heterocycles. The van der Waals surface area contributed by atoms with Gasteiger partial charge in [0.1, 0.15) is 11.6 Å². The number of aromatic hydroxyl groups is 1. The molecule has 3 nitrogen and oxygen atoms in total. The SMILES string of the molecule is O=C(NCCCCI)c1ccc(F)cc1O. The average Bonchev–Trinajstić information content (AvgIpc) is 2.24. The van der Waals surface area contributed by atoms with Gasteiger partial charge in [0.2, 0.25) is 0 Å². The van der Waals surface area contributed by atoms with E-state index in [1.165, 1.54) is 6.07 Å². The second-order valence-electron chi connectivity index (χ2n) is 3.31. The molecule has 1 amide bonds. The number of hydrogen-bond donors (Lipinski definition) is 2. The highest BCUT2D eigenvalue weighted by atomic mass is 127. The lowest BCUT2D eigenvalue weighted by Crippen LogP contribution is -2.24. The van der Waals surface area contributed by atoms with Crippen LogP contribution in [0.2, 0.25) is 0 Å². The summed E-state index contributed by atoms with van der Waals surface area (Å²) in [5.74, 6) is -1.25. The van der Waals surface area contributed by atoms with Crippen LogP contribution in [0.3, 0.4) is 0 Å². The number of benzene rings is 1. The summed E-state index contributed by atoms with van der Waals surface area (Å²) in [6.07, 6.45) is 1.94. The molecule has 16 heavy (non-hydrogen) atoms. The van der Waals surface area contributed by atoms with Gasteiger partial charge in [-0.15, -0.1) is 0 Å². The summed E-state index contributed by atoms with van der Waals surface area (Å²) in [6.45, 7) is 0.568. The fraction of sp³-hybridized carbons (Fsp3) is 0.364. The molecule has 1 aromatic rings. The predicted octanol–water partition coefficient (Wildman–Crippen LogP) is 2.48. The molecule has 0 aliphatic carbocycles. The molecule has 2 N–H and O–H groups in total. The van der Waals surface area contributed by atoms with Gasteiger partial charge in [-0.05, 0) is 29.4 Å². The van der Waals surface area contributed by atoms with E-state index >= 15 is 0 Å². The predicted molar refractivity (Wildman–Crippen MR) is 68.5 cm³/mol. The third-order valence-electron chi connectivity index (χ3n) is 2.05.